The predicted molar refractivity (Wildman–Crippen MR) is 63.5 cm³/mol. The summed E-state index contributed by atoms with van der Waals surface area (Å²) in [6.45, 7) is 4.10. The molecule has 0 aromatic heterocycles. The van der Waals surface area contributed by atoms with Crippen LogP contribution in [-0.2, 0) is 9.59 Å². The number of carboxylic acids is 1. The first kappa shape index (κ1) is 12.4. The first-order valence-electron chi connectivity index (χ1n) is 6.59. The average Bonchev–Trinajstić information content (AvgIpc) is 2.56. The number of likely N-dealkylation sites (tertiary alicyclic amines) is 1. The van der Waals surface area contributed by atoms with E-state index in [0.717, 1.165) is 25.7 Å². The van der Waals surface area contributed by atoms with Crippen LogP contribution in [0.15, 0.2) is 0 Å². The maximum absolute atomic E-state index is 12.5. The van der Waals surface area contributed by atoms with Gasteiger partial charge in [0.1, 0.15) is 5.41 Å². The van der Waals surface area contributed by atoms with Crippen molar-refractivity contribution in [3.8, 4) is 0 Å². The van der Waals surface area contributed by atoms with E-state index in [4.69, 9.17) is 0 Å². The molecular weight excluding hydrogens is 218 g/mol. The SMILES string of the molecule is CCC1CCC(C)N1C(=O)C1(C(=O)O)CCC1. The Morgan fingerprint density at radius 1 is 1.35 bits per heavy atom. The van der Waals surface area contributed by atoms with Gasteiger partial charge in [0.2, 0.25) is 5.91 Å². The second kappa shape index (κ2) is 4.31. The van der Waals surface area contributed by atoms with Gasteiger partial charge in [0.05, 0.1) is 0 Å². The summed E-state index contributed by atoms with van der Waals surface area (Å²) in [5.41, 5.74) is -1.09. The number of aliphatic carboxylic acids is 1. The number of hydrogen-bond donors (Lipinski definition) is 1. The smallest absolute Gasteiger partial charge is 0.319 e. The van der Waals surface area contributed by atoms with Gasteiger partial charge in [-0.2, -0.15) is 0 Å². The molecule has 1 aliphatic carbocycles. The molecule has 1 aliphatic heterocycles. The highest BCUT2D eigenvalue weighted by atomic mass is 16.4. The van der Waals surface area contributed by atoms with Crippen molar-refractivity contribution in [1.82, 2.24) is 4.90 Å². The zero-order chi connectivity index (χ0) is 12.6. The molecule has 1 saturated carbocycles. The molecule has 0 aromatic carbocycles. The van der Waals surface area contributed by atoms with E-state index in [2.05, 4.69) is 6.92 Å². The number of nitrogens with zero attached hydrogens (tertiary/aromatic N) is 1. The monoisotopic (exact) mass is 239 g/mol. The lowest BCUT2D eigenvalue weighted by molar-refractivity contribution is -0.169. The van der Waals surface area contributed by atoms with Crippen molar-refractivity contribution in [1.29, 1.82) is 0 Å². The summed E-state index contributed by atoms with van der Waals surface area (Å²) < 4.78 is 0. The van der Waals surface area contributed by atoms with E-state index in [1.807, 2.05) is 11.8 Å². The van der Waals surface area contributed by atoms with Crippen LogP contribution in [-0.4, -0.2) is 34.0 Å². The Bertz CT molecular complexity index is 336. The maximum atomic E-state index is 12.5. The Balaban J connectivity index is 2.21. The molecule has 2 rings (SSSR count). The van der Waals surface area contributed by atoms with E-state index >= 15 is 0 Å². The van der Waals surface area contributed by atoms with Crippen molar-refractivity contribution in [2.45, 2.75) is 64.5 Å². The van der Waals surface area contributed by atoms with Gasteiger partial charge in [-0.1, -0.05) is 13.3 Å². The maximum Gasteiger partial charge on any atom is 0.319 e. The highest BCUT2D eigenvalue weighted by Gasteiger charge is 2.55. The van der Waals surface area contributed by atoms with Crippen LogP contribution in [0, 0.1) is 5.41 Å². The Morgan fingerprint density at radius 3 is 2.41 bits per heavy atom. The van der Waals surface area contributed by atoms with E-state index in [-0.39, 0.29) is 18.0 Å². The second-order valence-electron chi connectivity index (χ2n) is 5.44. The van der Waals surface area contributed by atoms with Crippen molar-refractivity contribution >= 4 is 11.9 Å². The number of carbonyl (C=O) groups excluding carboxylic acids is 1. The molecule has 0 radical (unpaired) electrons. The molecule has 1 N–H and O–H groups in total. The van der Waals surface area contributed by atoms with Crippen molar-refractivity contribution in [2.75, 3.05) is 0 Å². The predicted octanol–water partition coefficient (Wildman–Crippen LogP) is 2.03. The Labute approximate surface area is 102 Å². The van der Waals surface area contributed by atoms with Gasteiger partial charge in [0.25, 0.3) is 0 Å². The van der Waals surface area contributed by atoms with Gasteiger partial charge in [0.15, 0.2) is 0 Å². The van der Waals surface area contributed by atoms with Gasteiger partial charge in [-0.15, -0.1) is 0 Å². The fraction of sp³-hybridized carbons (Fsp3) is 0.846. The molecule has 1 heterocycles. The molecule has 4 heteroatoms. The summed E-state index contributed by atoms with van der Waals surface area (Å²) in [5, 5.41) is 9.31. The molecule has 0 aromatic rings. The van der Waals surface area contributed by atoms with Gasteiger partial charge in [-0.3, -0.25) is 9.59 Å². The molecular formula is C13H21NO3. The Morgan fingerprint density at radius 2 is 2.00 bits per heavy atom. The van der Waals surface area contributed by atoms with E-state index in [1.54, 1.807) is 0 Å². The quantitative estimate of drug-likeness (QED) is 0.767. The van der Waals surface area contributed by atoms with Crippen LogP contribution in [0.4, 0.5) is 0 Å². The topological polar surface area (TPSA) is 57.6 Å². The molecule has 0 bridgehead atoms. The lowest BCUT2D eigenvalue weighted by atomic mass is 9.67. The normalized spacial score (nSPS) is 31.1. The summed E-state index contributed by atoms with van der Waals surface area (Å²) in [6, 6.07) is 0.443. The number of rotatable bonds is 3. The lowest BCUT2D eigenvalue weighted by Gasteiger charge is -2.42. The molecule has 2 atom stereocenters. The van der Waals surface area contributed by atoms with Gasteiger partial charge in [0, 0.05) is 12.1 Å². The van der Waals surface area contributed by atoms with Crippen LogP contribution < -0.4 is 0 Å². The summed E-state index contributed by atoms with van der Waals surface area (Å²) in [7, 11) is 0. The highest BCUT2D eigenvalue weighted by molar-refractivity contribution is 6.03. The van der Waals surface area contributed by atoms with E-state index in [0.29, 0.717) is 12.8 Å². The molecule has 1 amide bonds. The average molecular weight is 239 g/mol. The summed E-state index contributed by atoms with van der Waals surface area (Å²) in [5.74, 6) is -1.06. The number of carbonyl (C=O) groups is 2. The number of hydrogen-bond acceptors (Lipinski definition) is 2. The van der Waals surface area contributed by atoms with Gasteiger partial charge < -0.3 is 10.0 Å². The van der Waals surface area contributed by atoms with E-state index in [1.165, 1.54) is 0 Å². The van der Waals surface area contributed by atoms with Crippen molar-refractivity contribution < 1.29 is 14.7 Å². The lowest BCUT2D eigenvalue weighted by Crippen LogP contribution is -2.55. The highest BCUT2D eigenvalue weighted by Crippen LogP contribution is 2.45. The zero-order valence-electron chi connectivity index (χ0n) is 10.6. The summed E-state index contributed by atoms with van der Waals surface area (Å²) >= 11 is 0. The fourth-order valence-corrected chi connectivity index (χ4v) is 3.14. The molecule has 2 fully saturated rings. The number of carboxylic acid groups (broad SMARTS) is 1. The van der Waals surface area contributed by atoms with Gasteiger partial charge >= 0.3 is 5.97 Å². The van der Waals surface area contributed by atoms with Gasteiger partial charge in [-0.05, 0) is 39.0 Å². The molecule has 0 spiro atoms. The first-order valence-corrected chi connectivity index (χ1v) is 6.59. The largest absolute Gasteiger partial charge is 0.480 e. The van der Waals surface area contributed by atoms with Crippen LogP contribution in [0.2, 0.25) is 0 Å². The molecule has 2 unspecified atom stereocenters. The molecule has 4 nitrogen and oxygen atoms in total. The molecule has 96 valence electrons. The third kappa shape index (κ3) is 1.74. The molecule has 1 saturated heterocycles. The van der Waals surface area contributed by atoms with E-state index in [9.17, 15) is 14.7 Å². The minimum absolute atomic E-state index is 0.131. The first-order chi connectivity index (χ1) is 8.03. The van der Waals surface area contributed by atoms with E-state index < -0.39 is 11.4 Å². The van der Waals surface area contributed by atoms with Crippen molar-refractivity contribution in [3.63, 3.8) is 0 Å². The number of amides is 1. The van der Waals surface area contributed by atoms with Crippen LogP contribution in [0.5, 0.6) is 0 Å². The van der Waals surface area contributed by atoms with Crippen LogP contribution in [0.3, 0.4) is 0 Å². The molecule has 17 heavy (non-hydrogen) atoms. The summed E-state index contributed by atoms with van der Waals surface area (Å²) in [6.07, 6.45) is 4.82. The zero-order valence-corrected chi connectivity index (χ0v) is 10.6. The minimum atomic E-state index is -1.09. The van der Waals surface area contributed by atoms with Crippen LogP contribution in [0.1, 0.15) is 52.4 Å². The summed E-state index contributed by atoms with van der Waals surface area (Å²) in [4.78, 5) is 25.7. The van der Waals surface area contributed by atoms with Crippen molar-refractivity contribution in [3.05, 3.63) is 0 Å². The minimum Gasteiger partial charge on any atom is -0.480 e. The Kier molecular flexibility index (Phi) is 3.15. The van der Waals surface area contributed by atoms with Gasteiger partial charge in [-0.25, -0.2) is 0 Å². The van der Waals surface area contributed by atoms with Crippen LogP contribution in [0.25, 0.3) is 0 Å². The molecule has 2 aliphatic rings. The fourth-order valence-electron chi connectivity index (χ4n) is 3.14. The standard InChI is InChI=1S/C13H21NO3/c1-3-10-6-5-9(2)14(10)11(15)13(12(16)17)7-4-8-13/h9-10H,3-8H2,1-2H3,(H,16,17). The third-order valence-electron chi connectivity index (χ3n) is 4.52. The van der Waals surface area contributed by atoms with Crippen LogP contribution >= 0.6 is 0 Å². The third-order valence-corrected chi connectivity index (χ3v) is 4.52. The second-order valence-corrected chi connectivity index (χ2v) is 5.44. The van der Waals surface area contributed by atoms with Crippen molar-refractivity contribution in [2.24, 2.45) is 5.41 Å². The Hall–Kier alpha value is -1.06.